The van der Waals surface area contributed by atoms with E-state index in [0.29, 0.717) is 6.54 Å². The number of hydrogen-bond donors (Lipinski definition) is 2. The summed E-state index contributed by atoms with van der Waals surface area (Å²) in [6, 6.07) is 9.75. The van der Waals surface area contributed by atoms with Gasteiger partial charge in [0.25, 0.3) is 0 Å². The van der Waals surface area contributed by atoms with Crippen molar-refractivity contribution in [1.29, 1.82) is 0 Å². The largest absolute Gasteiger partial charge is 0.453 e. The van der Waals surface area contributed by atoms with Crippen LogP contribution in [0.3, 0.4) is 0 Å². The predicted octanol–water partition coefficient (Wildman–Crippen LogP) is 3.74. The summed E-state index contributed by atoms with van der Waals surface area (Å²) in [6.45, 7) is 4.55. The smallest absolute Gasteiger partial charge is 0.411 e. The molecule has 6 nitrogen and oxygen atoms in total. The molecule has 0 saturated carbocycles. The van der Waals surface area contributed by atoms with Crippen molar-refractivity contribution in [3.05, 3.63) is 59.5 Å². The van der Waals surface area contributed by atoms with Crippen molar-refractivity contribution in [3.8, 4) is 0 Å². The Morgan fingerprint density at radius 3 is 2.79 bits per heavy atom. The lowest BCUT2D eigenvalue weighted by atomic mass is 10.1. The number of aryl methyl sites for hydroxylation is 2. The summed E-state index contributed by atoms with van der Waals surface area (Å²) in [6.07, 6.45) is 3.48. The minimum Gasteiger partial charge on any atom is -0.453 e. The molecule has 2 aromatic heterocycles. The molecule has 0 radical (unpaired) electrons. The van der Waals surface area contributed by atoms with E-state index in [1.165, 1.54) is 7.11 Å². The summed E-state index contributed by atoms with van der Waals surface area (Å²) in [7, 11) is 1.35. The maximum absolute atomic E-state index is 11.5. The first-order chi connectivity index (χ1) is 11.6. The van der Waals surface area contributed by atoms with Crippen LogP contribution in [0.4, 0.5) is 16.2 Å². The predicted molar refractivity (Wildman–Crippen MR) is 94.5 cm³/mol. The molecule has 124 valence electrons. The van der Waals surface area contributed by atoms with Crippen molar-refractivity contribution >= 4 is 23.1 Å². The topological polar surface area (TPSA) is 67.7 Å². The van der Waals surface area contributed by atoms with E-state index in [1.54, 1.807) is 0 Å². The second kappa shape index (κ2) is 6.62. The van der Waals surface area contributed by atoms with E-state index in [0.717, 1.165) is 33.8 Å². The van der Waals surface area contributed by atoms with Crippen LogP contribution in [-0.4, -0.2) is 22.6 Å². The van der Waals surface area contributed by atoms with Gasteiger partial charge in [0.05, 0.1) is 18.5 Å². The average Bonchev–Trinajstić information content (AvgIpc) is 2.95. The minimum absolute atomic E-state index is 0.479. The van der Waals surface area contributed by atoms with E-state index in [4.69, 9.17) is 0 Å². The lowest BCUT2D eigenvalue weighted by Crippen LogP contribution is -2.14. The maximum Gasteiger partial charge on any atom is 0.411 e. The van der Waals surface area contributed by atoms with Gasteiger partial charge < -0.3 is 14.5 Å². The molecule has 0 spiro atoms. The zero-order chi connectivity index (χ0) is 17.1. The number of anilines is 2. The number of aromatic nitrogens is 2. The van der Waals surface area contributed by atoms with E-state index < -0.39 is 6.09 Å². The summed E-state index contributed by atoms with van der Waals surface area (Å²) < 4.78 is 6.68. The number of pyridine rings is 1. The summed E-state index contributed by atoms with van der Waals surface area (Å²) in [4.78, 5) is 16.1. The number of imidazole rings is 1. The molecule has 0 atom stereocenters. The van der Waals surface area contributed by atoms with Crippen molar-refractivity contribution in [2.24, 2.45) is 0 Å². The van der Waals surface area contributed by atoms with E-state index in [1.807, 2.05) is 61.0 Å². The Kier molecular flexibility index (Phi) is 4.37. The first-order valence-electron chi connectivity index (χ1n) is 7.70. The van der Waals surface area contributed by atoms with Crippen molar-refractivity contribution in [3.63, 3.8) is 0 Å². The fourth-order valence-electron chi connectivity index (χ4n) is 2.67. The van der Waals surface area contributed by atoms with Crippen LogP contribution in [0.25, 0.3) is 5.65 Å². The van der Waals surface area contributed by atoms with Gasteiger partial charge in [0.1, 0.15) is 0 Å². The summed E-state index contributed by atoms with van der Waals surface area (Å²) >= 11 is 0. The van der Waals surface area contributed by atoms with E-state index in [9.17, 15) is 4.79 Å². The zero-order valence-corrected chi connectivity index (χ0v) is 14.0. The van der Waals surface area contributed by atoms with E-state index >= 15 is 0 Å². The monoisotopic (exact) mass is 324 g/mol. The molecule has 0 aliphatic carbocycles. The number of ether oxygens (including phenoxy) is 1. The van der Waals surface area contributed by atoms with Gasteiger partial charge >= 0.3 is 6.09 Å². The van der Waals surface area contributed by atoms with Crippen LogP contribution >= 0.6 is 0 Å². The van der Waals surface area contributed by atoms with Crippen LogP contribution in [0.1, 0.15) is 16.8 Å². The molecule has 1 amide bonds. The van der Waals surface area contributed by atoms with Gasteiger partial charge in [0.15, 0.2) is 5.65 Å². The van der Waals surface area contributed by atoms with Crippen molar-refractivity contribution in [1.82, 2.24) is 9.38 Å². The van der Waals surface area contributed by atoms with Crippen molar-refractivity contribution < 1.29 is 9.53 Å². The molecule has 24 heavy (non-hydrogen) atoms. The molecule has 0 unspecified atom stereocenters. The highest BCUT2D eigenvalue weighted by Crippen LogP contribution is 2.23. The Labute approximate surface area is 140 Å². The van der Waals surface area contributed by atoms with Crippen LogP contribution in [0, 0.1) is 13.8 Å². The molecular formula is C18H20N4O2. The first-order valence-corrected chi connectivity index (χ1v) is 7.70. The van der Waals surface area contributed by atoms with Crippen LogP contribution in [-0.2, 0) is 11.3 Å². The molecule has 0 aliphatic heterocycles. The standard InChI is InChI=1S/C18H20N4O2/c1-12-6-4-7-15(21-18(23)24-3)14(12)10-19-16-8-5-9-22-11-13(2)20-17(16)22/h4-9,11,19H,10H2,1-3H3,(H,21,23). The fraction of sp³-hybridized carbons (Fsp3) is 0.222. The van der Waals surface area contributed by atoms with E-state index in [2.05, 4.69) is 20.4 Å². The number of carbonyl (C=O) groups excluding carboxylic acids is 1. The van der Waals surface area contributed by atoms with Crippen LogP contribution in [0.2, 0.25) is 0 Å². The van der Waals surface area contributed by atoms with Gasteiger partial charge in [-0.25, -0.2) is 9.78 Å². The van der Waals surface area contributed by atoms with Gasteiger partial charge in [0.2, 0.25) is 0 Å². The third-order valence-corrected chi connectivity index (χ3v) is 3.89. The second-order valence-corrected chi connectivity index (χ2v) is 5.61. The van der Waals surface area contributed by atoms with Gasteiger partial charge in [-0.15, -0.1) is 0 Å². The molecule has 1 aromatic carbocycles. The average molecular weight is 324 g/mol. The number of nitrogens with one attached hydrogen (secondary N) is 2. The van der Waals surface area contributed by atoms with Gasteiger partial charge in [-0.3, -0.25) is 5.32 Å². The third-order valence-electron chi connectivity index (χ3n) is 3.89. The number of benzene rings is 1. The SMILES string of the molecule is COC(=O)Nc1cccc(C)c1CNc1cccn2cc(C)nc12. The van der Waals surface area contributed by atoms with Crippen molar-refractivity contribution in [2.75, 3.05) is 17.7 Å². The lowest BCUT2D eigenvalue weighted by Gasteiger charge is -2.15. The number of rotatable bonds is 4. The molecule has 2 N–H and O–H groups in total. The highest BCUT2D eigenvalue weighted by Gasteiger charge is 2.10. The Morgan fingerprint density at radius 1 is 1.21 bits per heavy atom. The highest BCUT2D eigenvalue weighted by atomic mass is 16.5. The number of carbonyl (C=O) groups is 1. The molecule has 0 aliphatic rings. The summed E-state index contributed by atoms with van der Waals surface area (Å²) in [5.41, 5.74) is 5.62. The van der Waals surface area contributed by atoms with Crippen LogP contribution in [0.15, 0.2) is 42.7 Å². The van der Waals surface area contributed by atoms with Gasteiger partial charge in [-0.1, -0.05) is 12.1 Å². The highest BCUT2D eigenvalue weighted by molar-refractivity contribution is 5.86. The maximum atomic E-state index is 11.5. The number of nitrogens with zero attached hydrogens (tertiary/aromatic N) is 2. The number of hydrogen-bond acceptors (Lipinski definition) is 4. The normalized spacial score (nSPS) is 10.6. The molecule has 0 saturated heterocycles. The summed E-state index contributed by atoms with van der Waals surface area (Å²) in [5, 5.41) is 6.17. The molecule has 3 rings (SSSR count). The van der Waals surface area contributed by atoms with Crippen molar-refractivity contribution in [2.45, 2.75) is 20.4 Å². The Balaban J connectivity index is 1.87. The van der Waals surface area contributed by atoms with Gasteiger partial charge in [0, 0.05) is 24.6 Å². The van der Waals surface area contributed by atoms with Crippen LogP contribution in [0.5, 0.6) is 0 Å². The van der Waals surface area contributed by atoms with Crippen LogP contribution < -0.4 is 10.6 Å². The summed E-state index contributed by atoms with van der Waals surface area (Å²) in [5.74, 6) is 0. The Bertz CT molecular complexity index is 886. The second-order valence-electron chi connectivity index (χ2n) is 5.61. The van der Waals surface area contributed by atoms with Gasteiger partial charge in [-0.05, 0) is 43.2 Å². The third kappa shape index (κ3) is 3.17. The van der Waals surface area contributed by atoms with Gasteiger partial charge in [-0.2, -0.15) is 0 Å². The minimum atomic E-state index is -0.479. The quantitative estimate of drug-likeness (QED) is 0.767. The Morgan fingerprint density at radius 2 is 2.00 bits per heavy atom. The lowest BCUT2D eigenvalue weighted by molar-refractivity contribution is 0.187. The number of amides is 1. The molecular weight excluding hydrogens is 304 g/mol. The first kappa shape index (κ1) is 15.9. The molecule has 3 aromatic rings. The zero-order valence-electron chi connectivity index (χ0n) is 14.0. The molecule has 0 fully saturated rings. The van der Waals surface area contributed by atoms with E-state index in [-0.39, 0.29) is 0 Å². The number of methoxy groups -OCH3 is 1. The molecule has 6 heteroatoms. The Hall–Kier alpha value is -3.02. The molecule has 2 heterocycles. The fourth-order valence-corrected chi connectivity index (χ4v) is 2.67. The molecule has 0 bridgehead atoms. The number of fused-ring (bicyclic) bond motifs is 1.